The quantitative estimate of drug-likeness (QED) is 0.924. The van der Waals surface area contributed by atoms with Crippen LogP contribution in [0.25, 0.3) is 0 Å². The van der Waals surface area contributed by atoms with E-state index >= 15 is 0 Å². The summed E-state index contributed by atoms with van der Waals surface area (Å²) < 4.78 is 5.83. The van der Waals surface area contributed by atoms with Crippen LogP contribution in [0, 0.1) is 20.8 Å². The number of hydrogen-bond acceptors (Lipinski definition) is 3. The normalized spacial score (nSPS) is 15.0. The van der Waals surface area contributed by atoms with Gasteiger partial charge in [-0.25, -0.2) is 0 Å². The lowest BCUT2D eigenvalue weighted by Crippen LogP contribution is -2.34. The Morgan fingerprint density at radius 2 is 2.00 bits per heavy atom. The van der Waals surface area contributed by atoms with Crippen molar-refractivity contribution in [3.63, 3.8) is 0 Å². The summed E-state index contributed by atoms with van der Waals surface area (Å²) in [7, 11) is 0. The molecule has 5 heteroatoms. The Bertz CT molecular complexity index is 498. The van der Waals surface area contributed by atoms with Gasteiger partial charge in [0.05, 0.1) is 13.0 Å². The van der Waals surface area contributed by atoms with Crippen LogP contribution in [-0.2, 0) is 4.79 Å². The molecule has 0 aliphatic carbocycles. The fourth-order valence-electron chi connectivity index (χ4n) is 2.65. The van der Waals surface area contributed by atoms with Crippen LogP contribution < -0.4 is 10.1 Å². The number of aryl methyl sites for hydroxylation is 2. The molecule has 0 atom stereocenters. The summed E-state index contributed by atoms with van der Waals surface area (Å²) in [5.74, 6) is 1.10. The summed E-state index contributed by atoms with van der Waals surface area (Å²) >= 11 is 0. The number of amides is 1. The SMILES string of the molecule is Cc1cc(C)c(C)c(OCCC(=O)N2CCCNCC2)c1.Cl. The summed E-state index contributed by atoms with van der Waals surface area (Å²) in [5, 5.41) is 3.31. The van der Waals surface area contributed by atoms with E-state index in [9.17, 15) is 4.79 Å². The highest BCUT2D eigenvalue weighted by atomic mass is 35.5. The summed E-state index contributed by atoms with van der Waals surface area (Å²) in [6, 6.07) is 4.19. The van der Waals surface area contributed by atoms with E-state index in [1.165, 1.54) is 11.1 Å². The van der Waals surface area contributed by atoms with Crippen molar-refractivity contribution in [2.45, 2.75) is 33.6 Å². The molecule has 2 rings (SSSR count). The predicted molar refractivity (Wildman–Crippen MR) is 92.1 cm³/mol. The van der Waals surface area contributed by atoms with Gasteiger partial charge in [-0.2, -0.15) is 0 Å². The molecule has 1 aliphatic heterocycles. The number of nitrogens with one attached hydrogen (secondary N) is 1. The largest absolute Gasteiger partial charge is 0.493 e. The summed E-state index contributed by atoms with van der Waals surface area (Å²) in [6.07, 6.45) is 1.48. The Morgan fingerprint density at radius 1 is 1.23 bits per heavy atom. The third kappa shape index (κ3) is 5.18. The number of rotatable bonds is 4. The van der Waals surface area contributed by atoms with E-state index in [1.807, 2.05) is 11.0 Å². The second-order valence-corrected chi connectivity index (χ2v) is 5.79. The average Bonchev–Trinajstić information content (AvgIpc) is 2.73. The summed E-state index contributed by atoms with van der Waals surface area (Å²) in [5.41, 5.74) is 3.58. The Labute approximate surface area is 139 Å². The van der Waals surface area contributed by atoms with Crippen LogP contribution in [0.5, 0.6) is 5.75 Å². The van der Waals surface area contributed by atoms with Crippen molar-refractivity contribution < 1.29 is 9.53 Å². The first-order valence-electron chi connectivity index (χ1n) is 7.77. The number of ether oxygens (including phenoxy) is 1. The number of benzene rings is 1. The molecule has 1 heterocycles. The van der Waals surface area contributed by atoms with E-state index in [1.54, 1.807) is 0 Å². The van der Waals surface area contributed by atoms with Gasteiger partial charge >= 0.3 is 0 Å². The number of carbonyl (C=O) groups is 1. The number of carbonyl (C=O) groups excluding carboxylic acids is 1. The molecular weight excluding hydrogens is 300 g/mol. The van der Waals surface area contributed by atoms with E-state index in [2.05, 4.69) is 32.2 Å². The zero-order valence-electron chi connectivity index (χ0n) is 13.8. The number of nitrogens with zero attached hydrogens (tertiary/aromatic N) is 1. The molecule has 1 aliphatic rings. The maximum Gasteiger partial charge on any atom is 0.226 e. The zero-order chi connectivity index (χ0) is 15.2. The molecule has 1 aromatic carbocycles. The fourth-order valence-corrected chi connectivity index (χ4v) is 2.65. The van der Waals surface area contributed by atoms with Gasteiger partial charge in [0, 0.05) is 19.6 Å². The van der Waals surface area contributed by atoms with Gasteiger partial charge in [0.25, 0.3) is 0 Å². The van der Waals surface area contributed by atoms with Gasteiger partial charge in [-0.05, 0) is 56.5 Å². The monoisotopic (exact) mass is 326 g/mol. The maximum atomic E-state index is 12.2. The maximum absolute atomic E-state index is 12.2. The van der Waals surface area contributed by atoms with Gasteiger partial charge in [0.2, 0.25) is 5.91 Å². The van der Waals surface area contributed by atoms with Crippen LogP contribution in [0.3, 0.4) is 0 Å². The van der Waals surface area contributed by atoms with Crippen LogP contribution >= 0.6 is 12.4 Å². The minimum atomic E-state index is 0. The first kappa shape index (κ1) is 18.8. The van der Waals surface area contributed by atoms with Gasteiger partial charge in [-0.15, -0.1) is 12.4 Å². The molecule has 1 amide bonds. The third-order valence-electron chi connectivity index (χ3n) is 4.03. The van der Waals surface area contributed by atoms with Crippen molar-refractivity contribution >= 4 is 18.3 Å². The topological polar surface area (TPSA) is 41.6 Å². The lowest BCUT2D eigenvalue weighted by Gasteiger charge is -2.20. The molecule has 0 unspecified atom stereocenters. The molecule has 0 bridgehead atoms. The lowest BCUT2D eigenvalue weighted by molar-refractivity contribution is -0.131. The number of hydrogen-bond donors (Lipinski definition) is 1. The van der Waals surface area contributed by atoms with Crippen LogP contribution in [0.15, 0.2) is 12.1 Å². The van der Waals surface area contributed by atoms with Crippen molar-refractivity contribution in [1.29, 1.82) is 0 Å². The van der Waals surface area contributed by atoms with E-state index in [0.717, 1.165) is 43.9 Å². The Kier molecular flexibility index (Phi) is 7.69. The zero-order valence-corrected chi connectivity index (χ0v) is 14.6. The van der Waals surface area contributed by atoms with Crippen LogP contribution in [-0.4, -0.2) is 43.6 Å². The average molecular weight is 327 g/mol. The molecule has 1 fully saturated rings. The third-order valence-corrected chi connectivity index (χ3v) is 4.03. The first-order chi connectivity index (χ1) is 10.1. The lowest BCUT2D eigenvalue weighted by atomic mass is 10.1. The summed E-state index contributed by atoms with van der Waals surface area (Å²) in [6.45, 7) is 10.2. The molecule has 1 N–H and O–H groups in total. The smallest absolute Gasteiger partial charge is 0.226 e. The summed E-state index contributed by atoms with van der Waals surface area (Å²) in [4.78, 5) is 14.1. The molecule has 0 saturated carbocycles. The van der Waals surface area contributed by atoms with Crippen molar-refractivity contribution in [3.05, 3.63) is 28.8 Å². The fraction of sp³-hybridized carbons (Fsp3) is 0.588. The van der Waals surface area contributed by atoms with Gasteiger partial charge < -0.3 is 15.0 Å². The van der Waals surface area contributed by atoms with Gasteiger partial charge in [-0.1, -0.05) is 6.07 Å². The van der Waals surface area contributed by atoms with E-state index in [4.69, 9.17) is 4.74 Å². The van der Waals surface area contributed by atoms with Gasteiger partial charge in [0.15, 0.2) is 0 Å². The van der Waals surface area contributed by atoms with Crippen molar-refractivity contribution in [3.8, 4) is 5.75 Å². The predicted octanol–water partition coefficient (Wildman–Crippen LogP) is 2.62. The second kappa shape index (κ2) is 9.01. The van der Waals surface area contributed by atoms with Crippen LogP contribution in [0.4, 0.5) is 0 Å². The molecule has 0 radical (unpaired) electrons. The van der Waals surface area contributed by atoms with Crippen molar-refractivity contribution in [2.24, 2.45) is 0 Å². The van der Waals surface area contributed by atoms with Gasteiger partial charge in [0.1, 0.15) is 5.75 Å². The van der Waals surface area contributed by atoms with Crippen molar-refractivity contribution in [1.82, 2.24) is 10.2 Å². The molecule has 22 heavy (non-hydrogen) atoms. The molecule has 1 aromatic rings. The molecule has 1 saturated heterocycles. The molecule has 0 aromatic heterocycles. The first-order valence-corrected chi connectivity index (χ1v) is 7.77. The molecular formula is C17H27ClN2O2. The van der Waals surface area contributed by atoms with Crippen LogP contribution in [0.1, 0.15) is 29.5 Å². The van der Waals surface area contributed by atoms with E-state index in [-0.39, 0.29) is 18.3 Å². The minimum absolute atomic E-state index is 0. The van der Waals surface area contributed by atoms with Crippen LogP contribution in [0.2, 0.25) is 0 Å². The Balaban J connectivity index is 0.00000242. The molecule has 0 spiro atoms. The Morgan fingerprint density at radius 3 is 2.77 bits per heavy atom. The van der Waals surface area contributed by atoms with Crippen molar-refractivity contribution in [2.75, 3.05) is 32.8 Å². The van der Waals surface area contributed by atoms with Gasteiger partial charge in [-0.3, -0.25) is 4.79 Å². The van der Waals surface area contributed by atoms with E-state index in [0.29, 0.717) is 13.0 Å². The highest BCUT2D eigenvalue weighted by Gasteiger charge is 2.15. The standard InChI is InChI=1S/C17H26N2O2.ClH/c1-13-11-14(2)15(3)16(12-13)21-10-5-17(20)19-8-4-6-18-7-9-19;/h11-12,18H,4-10H2,1-3H3;1H. The van der Waals surface area contributed by atoms with E-state index < -0.39 is 0 Å². The molecule has 4 nitrogen and oxygen atoms in total. The highest BCUT2D eigenvalue weighted by Crippen LogP contribution is 2.23. The molecule has 124 valence electrons. The number of halogens is 1. The Hall–Kier alpha value is -1.26. The second-order valence-electron chi connectivity index (χ2n) is 5.79. The highest BCUT2D eigenvalue weighted by molar-refractivity contribution is 5.85. The minimum Gasteiger partial charge on any atom is -0.493 e.